The minimum absolute atomic E-state index is 0.282. The summed E-state index contributed by atoms with van der Waals surface area (Å²) in [5, 5.41) is 0. The van der Waals surface area contributed by atoms with Crippen LogP contribution in [0.2, 0.25) is 0 Å². The highest BCUT2D eigenvalue weighted by Crippen LogP contribution is 2.36. The Morgan fingerprint density at radius 2 is 0.925 bits per heavy atom. The van der Waals surface area contributed by atoms with Gasteiger partial charge in [-0.15, -0.1) is 0 Å². The van der Waals surface area contributed by atoms with E-state index in [1.165, 1.54) is 106 Å². The van der Waals surface area contributed by atoms with E-state index in [0.717, 1.165) is 43.9 Å². The van der Waals surface area contributed by atoms with Gasteiger partial charge < -0.3 is 9.47 Å². The van der Waals surface area contributed by atoms with Gasteiger partial charge in [0.1, 0.15) is 0 Å². The zero-order valence-corrected chi connectivity index (χ0v) is 32.4. The SMILES string of the molecule is CCCCC1CCC(Cc2ccc(C(=O)O[C@H]3C(=O)N(C4CCCCC4)C(=O)[C@@H]3OC(=O)c3ccc(CC4CCC(CCCC)CC4)cc3)cc2)CC1. The number of benzene rings is 2. The minimum atomic E-state index is -1.52. The van der Waals surface area contributed by atoms with E-state index in [9.17, 15) is 19.2 Å². The molecule has 1 heterocycles. The summed E-state index contributed by atoms with van der Waals surface area (Å²) < 4.78 is 11.6. The van der Waals surface area contributed by atoms with Crippen molar-refractivity contribution in [2.75, 3.05) is 0 Å². The molecule has 2 atom stereocenters. The van der Waals surface area contributed by atoms with Crippen LogP contribution in [0.25, 0.3) is 0 Å². The number of ether oxygens (including phenoxy) is 2. The van der Waals surface area contributed by atoms with Gasteiger partial charge in [0.2, 0.25) is 12.2 Å². The molecule has 7 heteroatoms. The Hall–Kier alpha value is -3.48. The number of rotatable bonds is 15. The van der Waals surface area contributed by atoms with E-state index in [4.69, 9.17) is 9.47 Å². The van der Waals surface area contributed by atoms with Gasteiger partial charge in [-0.05, 0) is 110 Å². The maximum absolute atomic E-state index is 13.8. The lowest BCUT2D eigenvalue weighted by Gasteiger charge is -2.29. The second-order valence-corrected chi connectivity index (χ2v) is 16.9. The van der Waals surface area contributed by atoms with Crippen LogP contribution in [-0.4, -0.2) is 46.9 Å². The van der Waals surface area contributed by atoms with Crippen molar-refractivity contribution in [2.24, 2.45) is 23.7 Å². The first kappa shape index (κ1) is 39.2. The lowest BCUT2D eigenvalue weighted by Crippen LogP contribution is -2.43. The minimum Gasteiger partial charge on any atom is -0.444 e. The quantitative estimate of drug-likeness (QED) is 0.134. The summed E-state index contributed by atoms with van der Waals surface area (Å²) in [6, 6.07) is 14.6. The van der Waals surface area contributed by atoms with Crippen LogP contribution < -0.4 is 0 Å². The van der Waals surface area contributed by atoms with Gasteiger partial charge in [0.25, 0.3) is 11.8 Å². The molecule has 0 aromatic heterocycles. The highest BCUT2D eigenvalue weighted by Gasteiger charge is 2.55. The van der Waals surface area contributed by atoms with Gasteiger partial charge in [0.05, 0.1) is 11.1 Å². The van der Waals surface area contributed by atoms with E-state index in [2.05, 4.69) is 13.8 Å². The van der Waals surface area contributed by atoms with E-state index in [1.807, 2.05) is 24.3 Å². The largest absolute Gasteiger partial charge is 0.444 e. The highest BCUT2D eigenvalue weighted by atomic mass is 16.6. The summed E-state index contributed by atoms with van der Waals surface area (Å²) in [5.41, 5.74) is 2.98. The molecule has 0 spiro atoms. The Balaban J connectivity index is 1.07. The number of hydrogen-bond acceptors (Lipinski definition) is 6. The standard InChI is InChI=1S/C46H63NO6/c1-3-5-10-32-14-18-34(19-15-32)30-36-22-26-38(27-23-36)45(50)52-41-42(44(49)47(43(41)48)40-12-8-7-9-13-40)53-46(51)39-28-24-37(25-29-39)31-35-20-16-33(17-21-35)11-6-4-2/h22-29,32-35,40-42H,3-21,30-31H2,1-2H3/t32?,33?,34?,35?,41-,42-/m1/s1. The number of nitrogens with zero attached hydrogens (tertiary/aromatic N) is 1. The first-order valence-electron chi connectivity index (χ1n) is 21.3. The predicted molar refractivity (Wildman–Crippen MR) is 207 cm³/mol. The monoisotopic (exact) mass is 725 g/mol. The van der Waals surface area contributed by atoms with Gasteiger partial charge in [-0.1, -0.05) is 122 Å². The molecule has 1 aliphatic heterocycles. The average molecular weight is 726 g/mol. The smallest absolute Gasteiger partial charge is 0.339 e. The molecule has 7 nitrogen and oxygen atoms in total. The van der Waals surface area contributed by atoms with Crippen LogP contribution in [0.4, 0.5) is 0 Å². The predicted octanol–water partition coefficient (Wildman–Crippen LogP) is 10.2. The van der Waals surface area contributed by atoms with Crippen molar-refractivity contribution in [3.8, 4) is 0 Å². The van der Waals surface area contributed by atoms with Crippen molar-refractivity contribution in [3.63, 3.8) is 0 Å². The fourth-order valence-electron chi connectivity index (χ4n) is 9.59. The Bertz CT molecular complexity index is 1390. The third-order valence-corrected chi connectivity index (χ3v) is 12.9. The lowest BCUT2D eigenvalue weighted by atomic mass is 9.77. The van der Waals surface area contributed by atoms with Crippen LogP contribution >= 0.6 is 0 Å². The fourth-order valence-corrected chi connectivity index (χ4v) is 9.59. The number of amides is 2. The number of unbranched alkanes of at least 4 members (excludes halogenated alkanes) is 2. The van der Waals surface area contributed by atoms with E-state index in [0.29, 0.717) is 35.8 Å². The van der Waals surface area contributed by atoms with Crippen LogP contribution in [-0.2, 0) is 31.9 Å². The van der Waals surface area contributed by atoms with E-state index >= 15 is 0 Å². The Labute approximate surface area is 318 Å². The zero-order chi connectivity index (χ0) is 37.2. The molecule has 4 fully saturated rings. The van der Waals surface area contributed by atoms with Crippen molar-refractivity contribution < 1.29 is 28.7 Å². The van der Waals surface area contributed by atoms with Crippen molar-refractivity contribution in [3.05, 3.63) is 70.8 Å². The molecule has 3 saturated carbocycles. The average Bonchev–Trinajstić information content (AvgIpc) is 3.41. The first-order valence-corrected chi connectivity index (χ1v) is 21.3. The van der Waals surface area contributed by atoms with E-state index < -0.39 is 36.0 Å². The first-order chi connectivity index (χ1) is 25.8. The highest BCUT2D eigenvalue weighted by molar-refractivity contribution is 6.10. The molecule has 4 aliphatic rings. The van der Waals surface area contributed by atoms with Crippen LogP contribution in [0.1, 0.15) is 168 Å². The second-order valence-electron chi connectivity index (χ2n) is 16.9. The molecule has 3 aliphatic carbocycles. The molecule has 0 N–H and O–H groups in total. The van der Waals surface area contributed by atoms with Crippen molar-refractivity contribution >= 4 is 23.8 Å². The molecule has 6 rings (SSSR count). The van der Waals surface area contributed by atoms with Gasteiger partial charge in [-0.2, -0.15) is 0 Å². The number of hydrogen-bond donors (Lipinski definition) is 0. The summed E-state index contributed by atoms with van der Waals surface area (Å²) in [7, 11) is 0. The van der Waals surface area contributed by atoms with Gasteiger partial charge in [0.15, 0.2) is 0 Å². The molecule has 288 valence electrons. The third-order valence-electron chi connectivity index (χ3n) is 12.9. The number of carbonyl (C=O) groups is 4. The Morgan fingerprint density at radius 3 is 1.30 bits per heavy atom. The number of imide groups is 1. The number of likely N-dealkylation sites (tertiary alicyclic amines) is 1. The lowest BCUT2D eigenvalue weighted by molar-refractivity contribution is -0.145. The topological polar surface area (TPSA) is 90.0 Å². The molecular weight excluding hydrogens is 663 g/mol. The molecule has 53 heavy (non-hydrogen) atoms. The van der Waals surface area contributed by atoms with Crippen molar-refractivity contribution in [1.82, 2.24) is 4.90 Å². The van der Waals surface area contributed by atoms with Gasteiger partial charge >= 0.3 is 11.9 Å². The summed E-state index contributed by atoms with van der Waals surface area (Å²) in [5.74, 6) is 0.453. The van der Waals surface area contributed by atoms with Crippen LogP contribution in [0, 0.1) is 23.7 Å². The van der Waals surface area contributed by atoms with Crippen LogP contribution in [0.5, 0.6) is 0 Å². The molecule has 0 radical (unpaired) electrons. The maximum atomic E-state index is 13.8. The molecule has 1 saturated heterocycles. The van der Waals surface area contributed by atoms with Crippen molar-refractivity contribution in [1.29, 1.82) is 0 Å². The number of carbonyl (C=O) groups excluding carboxylic acids is 4. The van der Waals surface area contributed by atoms with E-state index in [-0.39, 0.29) is 6.04 Å². The molecule has 0 bridgehead atoms. The Kier molecular flexibility index (Phi) is 14.2. The summed E-state index contributed by atoms with van der Waals surface area (Å²) in [6.45, 7) is 4.52. The molecule has 2 amide bonds. The van der Waals surface area contributed by atoms with Gasteiger partial charge in [0, 0.05) is 6.04 Å². The summed E-state index contributed by atoms with van der Waals surface area (Å²) in [4.78, 5) is 55.8. The molecule has 0 unspecified atom stereocenters. The third kappa shape index (κ3) is 10.4. The normalized spacial score (nSPS) is 26.8. The summed E-state index contributed by atoms with van der Waals surface area (Å²) >= 11 is 0. The van der Waals surface area contributed by atoms with Crippen molar-refractivity contribution in [2.45, 2.75) is 167 Å². The second kappa shape index (κ2) is 19.2. The van der Waals surface area contributed by atoms with Crippen LogP contribution in [0.15, 0.2) is 48.5 Å². The molecule has 2 aromatic carbocycles. The van der Waals surface area contributed by atoms with Gasteiger partial charge in [-0.25, -0.2) is 9.59 Å². The Morgan fingerprint density at radius 1 is 0.547 bits per heavy atom. The molecular formula is C46H63NO6. The zero-order valence-electron chi connectivity index (χ0n) is 32.4. The van der Waals surface area contributed by atoms with E-state index in [1.54, 1.807) is 24.3 Å². The summed E-state index contributed by atoms with van der Waals surface area (Å²) in [6.07, 6.45) is 21.3. The number of esters is 2. The van der Waals surface area contributed by atoms with Crippen LogP contribution in [0.3, 0.4) is 0 Å². The molecule has 2 aromatic rings. The fraction of sp³-hybridized carbons (Fsp3) is 0.652. The van der Waals surface area contributed by atoms with Gasteiger partial charge in [-0.3, -0.25) is 14.5 Å². The maximum Gasteiger partial charge on any atom is 0.339 e.